The number of hydrogen-bond acceptors (Lipinski definition) is 3. The zero-order valence-electron chi connectivity index (χ0n) is 12.6. The van der Waals surface area contributed by atoms with E-state index in [1.165, 1.54) is 5.56 Å². The molecular formula is C14H22IN5O. The number of nitrogens with one attached hydrogen (secondary N) is 1. The van der Waals surface area contributed by atoms with E-state index >= 15 is 0 Å². The molecule has 116 valence electrons. The molecule has 21 heavy (non-hydrogen) atoms. The first kappa shape index (κ1) is 17.5. The summed E-state index contributed by atoms with van der Waals surface area (Å²) in [5, 5.41) is 7.20. The Morgan fingerprint density at radius 2 is 2.29 bits per heavy atom. The van der Waals surface area contributed by atoms with Gasteiger partial charge >= 0.3 is 0 Å². The third-order valence-electron chi connectivity index (χ3n) is 2.89. The minimum absolute atomic E-state index is 0. The lowest BCUT2D eigenvalue weighted by molar-refractivity contribution is 0.391. The Morgan fingerprint density at radius 3 is 2.86 bits per heavy atom. The van der Waals surface area contributed by atoms with Crippen LogP contribution < -0.4 is 5.32 Å². The molecular weight excluding hydrogens is 381 g/mol. The Labute approximate surface area is 142 Å². The smallest absolute Gasteiger partial charge is 0.194 e. The van der Waals surface area contributed by atoms with Gasteiger partial charge in [0.1, 0.15) is 12.0 Å². The summed E-state index contributed by atoms with van der Waals surface area (Å²) in [5.74, 6) is 0.861. The zero-order valence-corrected chi connectivity index (χ0v) is 14.9. The predicted molar refractivity (Wildman–Crippen MR) is 93.6 cm³/mol. The molecule has 0 amide bonds. The molecule has 0 aliphatic carbocycles. The van der Waals surface area contributed by atoms with Crippen molar-refractivity contribution in [3.63, 3.8) is 0 Å². The summed E-state index contributed by atoms with van der Waals surface area (Å²) in [6.45, 7) is 4.21. The Balaban J connectivity index is 0.00000220. The highest BCUT2D eigenvalue weighted by molar-refractivity contribution is 14.0. The summed E-state index contributed by atoms with van der Waals surface area (Å²) in [6.07, 6.45) is 5.68. The lowest BCUT2D eigenvalue weighted by atomic mass is 10.3. The molecule has 2 heterocycles. The molecule has 0 fully saturated rings. The van der Waals surface area contributed by atoms with Gasteiger partial charge in [-0.25, -0.2) is 4.99 Å². The molecule has 2 aromatic rings. The van der Waals surface area contributed by atoms with Crippen LogP contribution in [0.2, 0.25) is 0 Å². The SMILES string of the molecule is CCNC(=NCc1ccn(C)c1)N(C)Cc1ccon1.I. The summed E-state index contributed by atoms with van der Waals surface area (Å²) in [4.78, 5) is 6.67. The third-order valence-corrected chi connectivity index (χ3v) is 2.89. The van der Waals surface area contributed by atoms with Crippen LogP contribution in [0.3, 0.4) is 0 Å². The topological polar surface area (TPSA) is 58.6 Å². The lowest BCUT2D eigenvalue weighted by Gasteiger charge is -2.20. The van der Waals surface area contributed by atoms with E-state index in [1.807, 2.05) is 35.8 Å². The van der Waals surface area contributed by atoms with Crippen molar-refractivity contribution in [2.45, 2.75) is 20.0 Å². The van der Waals surface area contributed by atoms with Crippen LogP contribution >= 0.6 is 24.0 Å². The van der Waals surface area contributed by atoms with Crippen molar-refractivity contribution in [3.8, 4) is 0 Å². The van der Waals surface area contributed by atoms with Crippen molar-refractivity contribution in [2.75, 3.05) is 13.6 Å². The van der Waals surface area contributed by atoms with Gasteiger partial charge in [-0.05, 0) is 18.6 Å². The Hall–Kier alpha value is -1.51. The Bertz CT molecular complexity index is 549. The van der Waals surface area contributed by atoms with E-state index in [0.717, 1.165) is 18.2 Å². The molecule has 2 rings (SSSR count). The van der Waals surface area contributed by atoms with Crippen molar-refractivity contribution in [3.05, 3.63) is 42.0 Å². The van der Waals surface area contributed by atoms with Crippen LogP contribution in [0.4, 0.5) is 0 Å². The molecule has 1 N–H and O–H groups in total. The van der Waals surface area contributed by atoms with Crippen LogP contribution in [0.1, 0.15) is 18.2 Å². The van der Waals surface area contributed by atoms with Gasteiger partial charge in [0.05, 0.1) is 13.1 Å². The first-order valence-corrected chi connectivity index (χ1v) is 6.68. The average Bonchev–Trinajstić information content (AvgIpc) is 3.06. The van der Waals surface area contributed by atoms with E-state index in [-0.39, 0.29) is 24.0 Å². The number of hydrogen-bond donors (Lipinski definition) is 1. The molecule has 0 aliphatic heterocycles. The second-order valence-electron chi connectivity index (χ2n) is 4.70. The molecule has 0 aliphatic rings. The molecule has 0 spiro atoms. The minimum atomic E-state index is 0. The molecule has 0 unspecified atom stereocenters. The van der Waals surface area contributed by atoms with Gasteiger partial charge in [-0.3, -0.25) is 0 Å². The van der Waals surface area contributed by atoms with Crippen molar-refractivity contribution in [2.24, 2.45) is 12.0 Å². The van der Waals surface area contributed by atoms with Crippen molar-refractivity contribution >= 4 is 29.9 Å². The van der Waals surface area contributed by atoms with Gasteiger partial charge in [-0.1, -0.05) is 5.16 Å². The highest BCUT2D eigenvalue weighted by Gasteiger charge is 2.08. The Kier molecular flexibility index (Phi) is 7.27. The standard InChI is InChI=1S/C14H21N5O.HI/c1-4-15-14(16-9-12-5-7-18(2)10-12)19(3)11-13-6-8-20-17-13;/h5-8,10H,4,9,11H2,1-3H3,(H,15,16);1H. The van der Waals surface area contributed by atoms with Crippen LogP contribution in [-0.4, -0.2) is 34.2 Å². The maximum atomic E-state index is 4.85. The van der Waals surface area contributed by atoms with Crippen molar-refractivity contribution in [1.82, 2.24) is 19.9 Å². The molecule has 0 atom stereocenters. The van der Waals surface area contributed by atoms with Crippen LogP contribution in [0.5, 0.6) is 0 Å². The molecule has 0 saturated carbocycles. The quantitative estimate of drug-likeness (QED) is 0.473. The number of aromatic nitrogens is 2. The normalized spacial score (nSPS) is 11.1. The predicted octanol–water partition coefficient (Wildman–Crippen LogP) is 2.23. The highest BCUT2D eigenvalue weighted by atomic mass is 127. The van der Waals surface area contributed by atoms with Crippen molar-refractivity contribution < 1.29 is 4.52 Å². The molecule has 7 heteroatoms. The van der Waals surface area contributed by atoms with Gasteiger partial charge in [0.15, 0.2) is 5.96 Å². The largest absolute Gasteiger partial charge is 0.364 e. The third kappa shape index (κ3) is 5.41. The molecule has 0 radical (unpaired) electrons. The number of aliphatic imine (C=N–C) groups is 1. The van der Waals surface area contributed by atoms with Gasteiger partial charge in [-0.15, -0.1) is 24.0 Å². The fraction of sp³-hybridized carbons (Fsp3) is 0.429. The number of aryl methyl sites for hydroxylation is 1. The van der Waals surface area contributed by atoms with Crippen LogP contribution in [-0.2, 0) is 20.1 Å². The van der Waals surface area contributed by atoms with E-state index in [0.29, 0.717) is 13.1 Å². The van der Waals surface area contributed by atoms with Gasteiger partial charge in [0.25, 0.3) is 0 Å². The van der Waals surface area contributed by atoms with E-state index < -0.39 is 0 Å². The number of rotatable bonds is 5. The minimum Gasteiger partial charge on any atom is -0.364 e. The molecule has 0 aromatic carbocycles. The summed E-state index contributed by atoms with van der Waals surface area (Å²) in [5.41, 5.74) is 2.08. The maximum Gasteiger partial charge on any atom is 0.194 e. The zero-order chi connectivity index (χ0) is 14.4. The summed E-state index contributed by atoms with van der Waals surface area (Å²) in [6, 6.07) is 3.93. The van der Waals surface area contributed by atoms with Crippen LogP contribution in [0.15, 0.2) is 40.3 Å². The number of nitrogens with zero attached hydrogens (tertiary/aromatic N) is 4. The highest BCUT2D eigenvalue weighted by Crippen LogP contribution is 2.04. The first-order valence-electron chi connectivity index (χ1n) is 6.68. The summed E-state index contributed by atoms with van der Waals surface area (Å²) < 4.78 is 6.87. The number of guanidine groups is 1. The van der Waals surface area contributed by atoms with Crippen molar-refractivity contribution in [1.29, 1.82) is 0 Å². The van der Waals surface area contributed by atoms with E-state index in [4.69, 9.17) is 4.52 Å². The molecule has 0 saturated heterocycles. The fourth-order valence-corrected chi connectivity index (χ4v) is 1.93. The fourth-order valence-electron chi connectivity index (χ4n) is 1.93. The van der Waals surface area contributed by atoms with Gasteiger partial charge in [-0.2, -0.15) is 0 Å². The van der Waals surface area contributed by atoms with Crippen LogP contribution in [0, 0.1) is 0 Å². The van der Waals surface area contributed by atoms with E-state index in [9.17, 15) is 0 Å². The average molecular weight is 403 g/mol. The van der Waals surface area contributed by atoms with Gasteiger partial charge in [0.2, 0.25) is 0 Å². The van der Waals surface area contributed by atoms with Gasteiger partial charge < -0.3 is 19.3 Å². The monoisotopic (exact) mass is 403 g/mol. The Morgan fingerprint density at radius 1 is 1.48 bits per heavy atom. The maximum absolute atomic E-state index is 4.85. The summed E-state index contributed by atoms with van der Waals surface area (Å²) in [7, 11) is 4.00. The molecule has 2 aromatic heterocycles. The van der Waals surface area contributed by atoms with E-state index in [2.05, 4.69) is 34.7 Å². The lowest BCUT2D eigenvalue weighted by Crippen LogP contribution is -2.38. The van der Waals surface area contributed by atoms with Crippen LogP contribution in [0.25, 0.3) is 0 Å². The second-order valence-corrected chi connectivity index (χ2v) is 4.70. The summed E-state index contributed by atoms with van der Waals surface area (Å²) >= 11 is 0. The first-order chi connectivity index (χ1) is 9.69. The van der Waals surface area contributed by atoms with E-state index in [1.54, 1.807) is 6.26 Å². The second kappa shape index (κ2) is 8.71. The molecule has 0 bridgehead atoms. The molecule has 6 nitrogen and oxygen atoms in total. The van der Waals surface area contributed by atoms with Gasteiger partial charge in [0, 0.05) is 39.1 Å². The number of halogens is 1.